The highest BCUT2D eigenvalue weighted by molar-refractivity contribution is 6.20. The third-order valence-electron chi connectivity index (χ3n) is 4.86. The number of carbonyl (C=O) groups is 3. The van der Waals surface area contributed by atoms with E-state index in [0.717, 1.165) is 21.9 Å². The Balaban J connectivity index is 0.000000815. The number of aryl methyl sites for hydroxylation is 1. The van der Waals surface area contributed by atoms with Gasteiger partial charge in [0.15, 0.2) is 5.78 Å². The van der Waals surface area contributed by atoms with Gasteiger partial charge in [0.25, 0.3) is 0 Å². The van der Waals surface area contributed by atoms with Crippen LogP contribution in [-0.4, -0.2) is 17.6 Å². The van der Waals surface area contributed by atoms with Gasteiger partial charge in [-0.05, 0) is 35.2 Å². The molecule has 24 heavy (non-hydrogen) atoms. The number of Topliss-reactive ketones (excluding diaryl/α,β-unsaturated/α-hetero) is 1. The summed E-state index contributed by atoms with van der Waals surface area (Å²) in [4.78, 5) is 36.4. The summed E-state index contributed by atoms with van der Waals surface area (Å²) in [6.07, 6.45) is 0.732. The van der Waals surface area contributed by atoms with E-state index in [1.165, 1.54) is 0 Å². The SMILES string of the molecule is CC.Cc1ccc2c3c(cccc13)C(=O)C2C1CCC(=O)NC1=O. The summed E-state index contributed by atoms with van der Waals surface area (Å²) < 4.78 is 0. The van der Waals surface area contributed by atoms with Crippen LogP contribution in [0.3, 0.4) is 0 Å². The van der Waals surface area contributed by atoms with Crippen LogP contribution >= 0.6 is 0 Å². The van der Waals surface area contributed by atoms with Crippen molar-refractivity contribution >= 4 is 28.4 Å². The zero-order valence-electron chi connectivity index (χ0n) is 14.2. The van der Waals surface area contributed by atoms with Crippen molar-refractivity contribution in [2.24, 2.45) is 5.92 Å². The molecule has 4 nitrogen and oxygen atoms in total. The molecule has 1 N–H and O–H groups in total. The Kier molecular flexibility index (Phi) is 4.22. The van der Waals surface area contributed by atoms with Crippen molar-refractivity contribution in [2.75, 3.05) is 0 Å². The normalized spacial score (nSPS) is 22.2. The molecule has 0 aromatic heterocycles. The second-order valence-corrected chi connectivity index (χ2v) is 6.10. The van der Waals surface area contributed by atoms with E-state index < -0.39 is 11.8 Å². The van der Waals surface area contributed by atoms with Crippen LogP contribution < -0.4 is 5.32 Å². The van der Waals surface area contributed by atoms with Crippen molar-refractivity contribution in [3.05, 3.63) is 47.0 Å². The summed E-state index contributed by atoms with van der Waals surface area (Å²) in [5.41, 5.74) is 2.75. The summed E-state index contributed by atoms with van der Waals surface area (Å²) in [6.45, 7) is 6.02. The summed E-state index contributed by atoms with van der Waals surface area (Å²) in [5, 5.41) is 4.41. The average molecular weight is 323 g/mol. The molecule has 2 amide bonds. The molecule has 1 aliphatic carbocycles. The molecule has 0 bridgehead atoms. The molecule has 2 aliphatic rings. The lowest BCUT2D eigenvalue weighted by molar-refractivity contribution is -0.136. The molecule has 4 heteroatoms. The molecule has 1 fully saturated rings. The number of imide groups is 1. The third-order valence-corrected chi connectivity index (χ3v) is 4.86. The molecule has 1 aliphatic heterocycles. The minimum atomic E-state index is -0.464. The first-order chi connectivity index (χ1) is 11.6. The highest BCUT2D eigenvalue weighted by Gasteiger charge is 2.43. The van der Waals surface area contributed by atoms with Crippen LogP contribution in [0.4, 0.5) is 0 Å². The molecule has 1 saturated heterocycles. The third kappa shape index (κ3) is 2.33. The van der Waals surface area contributed by atoms with E-state index in [2.05, 4.69) is 5.32 Å². The molecular formula is C20H21NO3. The van der Waals surface area contributed by atoms with E-state index in [1.54, 1.807) is 0 Å². The Morgan fingerprint density at radius 1 is 1.04 bits per heavy atom. The highest BCUT2D eigenvalue weighted by atomic mass is 16.2. The van der Waals surface area contributed by atoms with Crippen molar-refractivity contribution in [1.29, 1.82) is 0 Å². The van der Waals surface area contributed by atoms with Crippen molar-refractivity contribution in [3.63, 3.8) is 0 Å². The lowest BCUT2D eigenvalue weighted by Gasteiger charge is -2.25. The Morgan fingerprint density at radius 2 is 1.79 bits per heavy atom. The fraction of sp³-hybridized carbons (Fsp3) is 0.350. The Morgan fingerprint density at radius 3 is 2.50 bits per heavy atom. The Hall–Kier alpha value is -2.49. The van der Waals surface area contributed by atoms with Crippen LogP contribution in [0, 0.1) is 12.8 Å². The molecule has 2 aromatic rings. The van der Waals surface area contributed by atoms with Crippen LogP contribution in [0.1, 0.15) is 54.1 Å². The van der Waals surface area contributed by atoms with E-state index in [4.69, 9.17) is 0 Å². The fourth-order valence-electron chi connectivity index (χ4n) is 3.78. The van der Waals surface area contributed by atoms with Gasteiger partial charge in [-0.1, -0.05) is 44.2 Å². The monoisotopic (exact) mass is 323 g/mol. The van der Waals surface area contributed by atoms with Crippen molar-refractivity contribution in [1.82, 2.24) is 5.32 Å². The summed E-state index contributed by atoms with van der Waals surface area (Å²) >= 11 is 0. The first-order valence-corrected chi connectivity index (χ1v) is 8.48. The van der Waals surface area contributed by atoms with Gasteiger partial charge in [0, 0.05) is 12.0 Å². The predicted octanol–water partition coefficient (Wildman–Crippen LogP) is 3.51. The van der Waals surface area contributed by atoms with E-state index in [1.807, 2.05) is 51.1 Å². The number of amides is 2. The number of benzene rings is 2. The number of hydrogen-bond acceptors (Lipinski definition) is 3. The van der Waals surface area contributed by atoms with Crippen LogP contribution in [-0.2, 0) is 9.59 Å². The number of nitrogens with one attached hydrogen (secondary N) is 1. The average Bonchev–Trinajstić information content (AvgIpc) is 2.87. The maximum absolute atomic E-state index is 12.9. The second-order valence-electron chi connectivity index (χ2n) is 6.10. The largest absolute Gasteiger partial charge is 0.296 e. The lowest BCUT2D eigenvalue weighted by atomic mass is 9.80. The zero-order valence-corrected chi connectivity index (χ0v) is 14.2. The van der Waals surface area contributed by atoms with Gasteiger partial charge in [0.2, 0.25) is 11.8 Å². The minimum Gasteiger partial charge on any atom is -0.296 e. The Labute approximate surface area is 141 Å². The molecule has 1 heterocycles. The molecular weight excluding hydrogens is 302 g/mol. The second kappa shape index (κ2) is 6.19. The maximum atomic E-state index is 12.9. The van der Waals surface area contributed by atoms with Gasteiger partial charge in [0.1, 0.15) is 0 Å². The number of carbonyl (C=O) groups excluding carboxylic acids is 3. The van der Waals surface area contributed by atoms with Gasteiger partial charge in [-0.25, -0.2) is 0 Å². The van der Waals surface area contributed by atoms with E-state index in [-0.39, 0.29) is 17.6 Å². The van der Waals surface area contributed by atoms with Crippen LogP contribution in [0.25, 0.3) is 10.8 Å². The van der Waals surface area contributed by atoms with Crippen LogP contribution in [0.5, 0.6) is 0 Å². The molecule has 0 saturated carbocycles. The van der Waals surface area contributed by atoms with Gasteiger partial charge in [-0.15, -0.1) is 0 Å². The molecule has 0 spiro atoms. The maximum Gasteiger partial charge on any atom is 0.230 e. The molecule has 2 aromatic carbocycles. The Bertz CT molecular complexity index is 853. The van der Waals surface area contributed by atoms with E-state index in [9.17, 15) is 14.4 Å². The number of ketones is 1. The number of rotatable bonds is 1. The van der Waals surface area contributed by atoms with Crippen molar-refractivity contribution in [2.45, 2.75) is 39.5 Å². The summed E-state index contributed by atoms with van der Waals surface area (Å²) in [7, 11) is 0. The van der Waals surface area contributed by atoms with Gasteiger partial charge in [-0.2, -0.15) is 0 Å². The van der Waals surface area contributed by atoms with Gasteiger partial charge >= 0.3 is 0 Å². The molecule has 2 unspecified atom stereocenters. The van der Waals surface area contributed by atoms with Crippen LogP contribution in [0.15, 0.2) is 30.3 Å². The van der Waals surface area contributed by atoms with Crippen LogP contribution in [0.2, 0.25) is 0 Å². The topological polar surface area (TPSA) is 63.2 Å². The number of hydrogen-bond donors (Lipinski definition) is 1. The van der Waals surface area contributed by atoms with Crippen molar-refractivity contribution in [3.8, 4) is 0 Å². The fourth-order valence-corrected chi connectivity index (χ4v) is 3.78. The van der Waals surface area contributed by atoms with Gasteiger partial charge in [-0.3, -0.25) is 19.7 Å². The van der Waals surface area contributed by atoms with Gasteiger partial charge < -0.3 is 0 Å². The standard InChI is InChI=1S/C18H15NO3.C2H6/c1-9-5-6-11-15-10(9)3-2-4-12(15)17(21)16(11)13-7-8-14(20)19-18(13)22;1-2/h2-6,13,16H,7-8H2,1H3,(H,19,20,22);1-2H3. The number of piperidine rings is 1. The first kappa shape index (κ1) is 16.4. The smallest absolute Gasteiger partial charge is 0.230 e. The molecule has 0 radical (unpaired) electrons. The highest BCUT2D eigenvalue weighted by Crippen LogP contribution is 2.44. The minimum absolute atomic E-state index is 0.000647. The van der Waals surface area contributed by atoms with Crippen molar-refractivity contribution < 1.29 is 14.4 Å². The molecule has 2 atom stereocenters. The summed E-state index contributed by atoms with van der Waals surface area (Å²) in [5.74, 6) is -1.49. The predicted molar refractivity (Wildman–Crippen MR) is 93.0 cm³/mol. The molecule has 124 valence electrons. The van der Waals surface area contributed by atoms with Gasteiger partial charge in [0.05, 0.1) is 11.8 Å². The quantitative estimate of drug-likeness (QED) is 0.817. The van der Waals surface area contributed by atoms with E-state index >= 15 is 0 Å². The first-order valence-electron chi connectivity index (χ1n) is 8.48. The molecule has 4 rings (SSSR count). The lowest BCUT2D eigenvalue weighted by Crippen LogP contribution is -2.43. The summed E-state index contributed by atoms with van der Waals surface area (Å²) in [6, 6.07) is 9.69. The zero-order chi connectivity index (χ0) is 17.4. The van der Waals surface area contributed by atoms with E-state index in [0.29, 0.717) is 18.4 Å².